The zero-order valence-corrected chi connectivity index (χ0v) is 31.0. The van der Waals surface area contributed by atoms with Crippen LogP contribution in [0.5, 0.6) is 0 Å². The fraction of sp³-hybridized carbons (Fsp3) is 0.825. The van der Waals surface area contributed by atoms with Crippen molar-refractivity contribution in [1.29, 1.82) is 0 Å². The van der Waals surface area contributed by atoms with Gasteiger partial charge in [-0.25, -0.2) is 0 Å². The average Bonchev–Trinajstić information content (AvgIpc) is 3.00. The summed E-state index contributed by atoms with van der Waals surface area (Å²) in [5.74, 6) is 0.742. The highest BCUT2D eigenvalue weighted by atomic mass is 16.5. The van der Waals surface area contributed by atoms with Crippen molar-refractivity contribution in [1.82, 2.24) is 15.5 Å². The molecule has 0 bridgehead atoms. The van der Waals surface area contributed by atoms with E-state index >= 15 is 0 Å². The first kappa shape index (κ1) is 37.1. The second-order valence-electron chi connectivity index (χ2n) is 17.7. The van der Waals surface area contributed by atoms with Gasteiger partial charge >= 0.3 is 5.97 Å². The fourth-order valence-corrected chi connectivity index (χ4v) is 11.3. The minimum atomic E-state index is -0.852. The lowest BCUT2D eigenvalue weighted by atomic mass is 9.53. The Morgan fingerprint density at radius 1 is 0.812 bits per heavy atom. The third kappa shape index (κ3) is 7.17. The van der Waals surface area contributed by atoms with Crippen LogP contribution < -0.4 is 10.6 Å². The van der Waals surface area contributed by atoms with E-state index < -0.39 is 24.2 Å². The van der Waals surface area contributed by atoms with Gasteiger partial charge in [-0.1, -0.05) is 65.8 Å². The van der Waals surface area contributed by atoms with Crippen molar-refractivity contribution in [2.24, 2.45) is 46.3 Å². The molecule has 2 amide bonds. The summed E-state index contributed by atoms with van der Waals surface area (Å²) >= 11 is 0. The highest BCUT2D eigenvalue weighted by Crippen LogP contribution is 2.56. The summed E-state index contributed by atoms with van der Waals surface area (Å²) in [6, 6.07) is -1.86. The summed E-state index contributed by atoms with van der Waals surface area (Å²) < 4.78 is 5.10. The summed E-state index contributed by atoms with van der Waals surface area (Å²) in [4.78, 5) is 43.7. The maximum atomic E-state index is 14.5. The van der Waals surface area contributed by atoms with Gasteiger partial charge in [-0.05, 0) is 112 Å². The molecule has 48 heavy (non-hydrogen) atoms. The van der Waals surface area contributed by atoms with Crippen molar-refractivity contribution in [2.75, 3.05) is 13.7 Å². The third-order valence-electron chi connectivity index (χ3n) is 13.9. The number of likely N-dealkylation sites (tertiary alicyclic amines) is 1. The third-order valence-corrected chi connectivity index (χ3v) is 13.9. The maximum Gasteiger partial charge on any atom is 0.319 e. The second kappa shape index (κ2) is 14.6. The van der Waals surface area contributed by atoms with Crippen LogP contribution in [-0.2, 0) is 19.1 Å². The molecule has 5 fully saturated rings. The predicted octanol–water partition coefficient (Wildman–Crippen LogP) is 6.18. The molecule has 3 unspecified atom stereocenters. The maximum absolute atomic E-state index is 14.5. The van der Waals surface area contributed by atoms with Crippen LogP contribution in [0.15, 0.2) is 24.3 Å². The molecule has 0 spiro atoms. The molecule has 0 aromatic heterocycles. The van der Waals surface area contributed by atoms with E-state index in [1.807, 2.05) is 0 Å². The Morgan fingerprint density at radius 2 is 1.23 bits per heavy atom. The van der Waals surface area contributed by atoms with Crippen LogP contribution in [0.1, 0.15) is 119 Å². The smallest absolute Gasteiger partial charge is 0.319 e. The molecule has 4 saturated carbocycles. The van der Waals surface area contributed by atoms with Gasteiger partial charge in [0.05, 0.1) is 31.8 Å². The zero-order valence-electron chi connectivity index (χ0n) is 31.0. The molecular formula is C40H65N3O5. The SMILES string of the molecule is C=C1CCC[C@]2(C)CCC(C(C)C)C(NC(=O)[C@H]3CC(O)C[C@H](C(=O)N[C@@H]4[C@H]5C(=C)CCC[C@]5(C)CC[C@H]4C(C)C)N3CC(=O)OC)[C@@H]12. The van der Waals surface area contributed by atoms with E-state index in [9.17, 15) is 19.5 Å². The van der Waals surface area contributed by atoms with Crippen LogP contribution >= 0.6 is 0 Å². The summed E-state index contributed by atoms with van der Waals surface area (Å²) in [6.45, 7) is 22.5. The summed E-state index contributed by atoms with van der Waals surface area (Å²) in [5.41, 5.74) is 2.61. The van der Waals surface area contributed by atoms with Crippen molar-refractivity contribution in [3.8, 4) is 0 Å². The standard InChI is InChI=1S/C40H65N3O5/c1-23(2)28-14-18-39(7)16-10-12-25(5)33(39)35(28)41-37(46)30-20-27(44)21-31(43(30)22-32(45)48-9)38(47)42-36-29(24(3)4)15-19-40(8)17-11-13-26(6)34(36)40/h23-24,27-31,33-36,44H,5-6,10-22H2,1-4,7-9H3,(H,41,46)(H,42,47)/t27?,28-,29?,30+,31+,33+,34+,35-,36?,39+,40+/m0/s1. The molecule has 8 heteroatoms. The van der Waals surface area contributed by atoms with E-state index in [1.165, 1.54) is 18.3 Å². The number of carbonyl (C=O) groups is 3. The van der Waals surface area contributed by atoms with E-state index in [-0.39, 0.29) is 66.0 Å². The van der Waals surface area contributed by atoms with Gasteiger partial charge in [-0.3, -0.25) is 19.3 Å². The molecular weight excluding hydrogens is 602 g/mol. The second-order valence-corrected chi connectivity index (χ2v) is 17.7. The Balaban J connectivity index is 1.44. The molecule has 11 atom stereocenters. The molecule has 4 aliphatic carbocycles. The van der Waals surface area contributed by atoms with E-state index in [1.54, 1.807) is 4.90 Å². The molecule has 270 valence electrons. The molecule has 0 aromatic carbocycles. The lowest BCUT2D eigenvalue weighted by Crippen LogP contribution is -2.66. The summed E-state index contributed by atoms with van der Waals surface area (Å²) in [6.07, 6.45) is 10.2. The fourth-order valence-electron chi connectivity index (χ4n) is 11.3. The normalized spacial score (nSPS) is 40.6. The highest BCUT2D eigenvalue weighted by molar-refractivity contribution is 5.87. The number of methoxy groups -OCH3 is 1. The Kier molecular flexibility index (Phi) is 11.3. The number of rotatable bonds is 8. The number of hydrogen-bond donors (Lipinski definition) is 3. The zero-order chi connectivity index (χ0) is 35.1. The average molecular weight is 668 g/mol. The molecule has 1 heterocycles. The Hall–Kier alpha value is -2.19. The largest absolute Gasteiger partial charge is 0.468 e. The number of ether oxygens (including phenoxy) is 1. The molecule has 1 saturated heterocycles. The number of esters is 1. The van der Waals surface area contributed by atoms with Crippen LogP contribution in [0.2, 0.25) is 0 Å². The Morgan fingerprint density at radius 3 is 1.60 bits per heavy atom. The Labute approximate surface area is 290 Å². The van der Waals surface area contributed by atoms with Gasteiger partial charge in [-0.2, -0.15) is 0 Å². The van der Waals surface area contributed by atoms with Crippen molar-refractivity contribution < 1.29 is 24.2 Å². The molecule has 5 rings (SSSR count). The van der Waals surface area contributed by atoms with Crippen molar-refractivity contribution in [3.63, 3.8) is 0 Å². The lowest BCUT2D eigenvalue weighted by Gasteiger charge is -2.55. The topological polar surface area (TPSA) is 108 Å². The molecule has 1 aliphatic heterocycles. The number of piperidine rings is 1. The number of carbonyl (C=O) groups excluding carboxylic acids is 3. The van der Waals surface area contributed by atoms with Gasteiger partial charge in [0.25, 0.3) is 0 Å². The summed E-state index contributed by atoms with van der Waals surface area (Å²) in [5, 5.41) is 18.2. The predicted molar refractivity (Wildman–Crippen MR) is 190 cm³/mol. The van der Waals surface area contributed by atoms with Gasteiger partial charge in [-0.15, -0.1) is 0 Å². The monoisotopic (exact) mass is 667 g/mol. The summed E-state index contributed by atoms with van der Waals surface area (Å²) in [7, 11) is 1.33. The van der Waals surface area contributed by atoms with Crippen molar-refractivity contribution >= 4 is 17.8 Å². The number of nitrogens with zero attached hydrogens (tertiary/aromatic N) is 1. The van der Waals surface area contributed by atoms with Gasteiger partial charge in [0, 0.05) is 23.9 Å². The molecule has 8 nitrogen and oxygen atoms in total. The van der Waals surface area contributed by atoms with Crippen LogP contribution in [0, 0.1) is 46.3 Å². The van der Waals surface area contributed by atoms with Crippen LogP contribution in [0.4, 0.5) is 0 Å². The number of hydrogen-bond acceptors (Lipinski definition) is 6. The number of nitrogens with one attached hydrogen (secondary N) is 2. The van der Waals surface area contributed by atoms with Gasteiger partial charge < -0.3 is 20.5 Å². The number of amides is 2. The van der Waals surface area contributed by atoms with Crippen LogP contribution in [-0.4, -0.2) is 71.7 Å². The van der Waals surface area contributed by atoms with Gasteiger partial charge in [0.1, 0.15) is 0 Å². The van der Waals surface area contributed by atoms with Crippen LogP contribution in [0.25, 0.3) is 0 Å². The first-order valence-electron chi connectivity index (χ1n) is 19.1. The number of aliphatic hydroxyl groups excluding tert-OH is 1. The quantitative estimate of drug-likeness (QED) is 0.211. The molecule has 5 aliphatic rings. The number of aliphatic hydroxyl groups is 1. The van der Waals surface area contributed by atoms with Crippen LogP contribution in [0.3, 0.4) is 0 Å². The van der Waals surface area contributed by atoms with Gasteiger partial charge in [0.15, 0.2) is 0 Å². The van der Waals surface area contributed by atoms with Gasteiger partial charge in [0.2, 0.25) is 11.8 Å². The molecule has 0 radical (unpaired) electrons. The van der Waals surface area contributed by atoms with Crippen molar-refractivity contribution in [2.45, 2.75) is 149 Å². The lowest BCUT2D eigenvalue weighted by molar-refractivity contribution is -0.151. The minimum Gasteiger partial charge on any atom is -0.468 e. The van der Waals surface area contributed by atoms with E-state index in [4.69, 9.17) is 4.74 Å². The van der Waals surface area contributed by atoms with Crippen molar-refractivity contribution in [3.05, 3.63) is 24.3 Å². The van der Waals surface area contributed by atoms with E-state index in [0.717, 1.165) is 64.2 Å². The minimum absolute atomic E-state index is 0.0839. The molecule has 0 aromatic rings. The molecule has 3 N–H and O–H groups in total. The van der Waals surface area contributed by atoms with E-state index in [0.29, 0.717) is 23.7 Å². The van der Waals surface area contributed by atoms with E-state index in [2.05, 4.69) is 65.3 Å². The first-order valence-corrected chi connectivity index (χ1v) is 19.1. The highest BCUT2D eigenvalue weighted by Gasteiger charge is 2.53. The first-order chi connectivity index (χ1) is 22.6. The Bertz CT molecular complexity index is 1160. The number of fused-ring (bicyclic) bond motifs is 2.